The smallest absolute Gasteiger partial charge is 0.103 e. The molecular weight excluding hydrogens is 151 g/mol. The second kappa shape index (κ2) is 2.34. The second-order valence-corrected chi connectivity index (χ2v) is 4.92. The lowest BCUT2D eigenvalue weighted by atomic mass is 9.77. The van der Waals surface area contributed by atoms with Crippen LogP contribution in [0.2, 0.25) is 0 Å². The van der Waals surface area contributed by atoms with Crippen LogP contribution in [0, 0.1) is 17.3 Å². The standard InChI is InChI=1S/C11H17F/c1-7(2)9-10(12)8-4-5-11(9,3)6-8/h7-8H,4-6H2,1-3H3. The summed E-state index contributed by atoms with van der Waals surface area (Å²) >= 11 is 0. The van der Waals surface area contributed by atoms with Crippen molar-refractivity contribution in [2.45, 2.75) is 40.0 Å². The first-order valence-corrected chi connectivity index (χ1v) is 4.94. The maximum absolute atomic E-state index is 13.7. The predicted molar refractivity (Wildman–Crippen MR) is 48.4 cm³/mol. The summed E-state index contributed by atoms with van der Waals surface area (Å²) in [6.07, 6.45) is 3.36. The monoisotopic (exact) mass is 168 g/mol. The number of rotatable bonds is 1. The molecule has 2 aliphatic rings. The maximum Gasteiger partial charge on any atom is 0.103 e. The molecule has 0 aliphatic heterocycles. The summed E-state index contributed by atoms with van der Waals surface area (Å²) in [6, 6.07) is 0. The van der Waals surface area contributed by atoms with Crippen molar-refractivity contribution < 1.29 is 4.39 Å². The van der Waals surface area contributed by atoms with E-state index in [0.717, 1.165) is 18.4 Å². The zero-order valence-electron chi connectivity index (χ0n) is 8.15. The lowest BCUT2D eigenvalue weighted by Gasteiger charge is -2.28. The normalized spacial score (nSPS) is 40.2. The van der Waals surface area contributed by atoms with Crippen molar-refractivity contribution in [2.75, 3.05) is 0 Å². The Morgan fingerprint density at radius 1 is 1.50 bits per heavy atom. The van der Waals surface area contributed by atoms with Crippen LogP contribution in [0.15, 0.2) is 11.4 Å². The van der Waals surface area contributed by atoms with Gasteiger partial charge in [-0.3, -0.25) is 0 Å². The Bertz CT molecular complexity index is 239. The van der Waals surface area contributed by atoms with Gasteiger partial charge in [-0.2, -0.15) is 0 Å². The molecule has 1 heteroatoms. The minimum Gasteiger partial charge on any atom is -0.212 e. The van der Waals surface area contributed by atoms with E-state index in [0.29, 0.717) is 5.92 Å². The highest BCUT2D eigenvalue weighted by atomic mass is 19.1. The summed E-state index contributed by atoms with van der Waals surface area (Å²) < 4.78 is 13.7. The van der Waals surface area contributed by atoms with Crippen LogP contribution in [0.25, 0.3) is 0 Å². The topological polar surface area (TPSA) is 0 Å². The summed E-state index contributed by atoms with van der Waals surface area (Å²) in [5.74, 6) is 0.923. The van der Waals surface area contributed by atoms with Crippen molar-refractivity contribution in [3.8, 4) is 0 Å². The molecule has 0 radical (unpaired) electrons. The van der Waals surface area contributed by atoms with Crippen molar-refractivity contribution in [1.82, 2.24) is 0 Å². The fourth-order valence-electron chi connectivity index (χ4n) is 3.18. The molecule has 0 aromatic heterocycles. The molecule has 1 saturated carbocycles. The average molecular weight is 168 g/mol. The van der Waals surface area contributed by atoms with E-state index in [-0.39, 0.29) is 17.2 Å². The number of hydrogen-bond acceptors (Lipinski definition) is 0. The van der Waals surface area contributed by atoms with Crippen LogP contribution >= 0.6 is 0 Å². The third kappa shape index (κ3) is 0.884. The van der Waals surface area contributed by atoms with Crippen LogP contribution < -0.4 is 0 Å². The van der Waals surface area contributed by atoms with Crippen LogP contribution in [-0.2, 0) is 0 Å². The Hall–Kier alpha value is -0.330. The average Bonchev–Trinajstić information content (AvgIpc) is 2.40. The first kappa shape index (κ1) is 8.28. The first-order valence-electron chi connectivity index (χ1n) is 4.94. The van der Waals surface area contributed by atoms with E-state index in [1.807, 2.05) is 0 Å². The van der Waals surface area contributed by atoms with E-state index in [2.05, 4.69) is 20.8 Å². The Balaban J connectivity index is 2.41. The third-order valence-electron chi connectivity index (χ3n) is 3.58. The van der Waals surface area contributed by atoms with Crippen molar-refractivity contribution in [2.24, 2.45) is 17.3 Å². The highest BCUT2D eigenvalue weighted by molar-refractivity contribution is 5.31. The molecule has 2 aliphatic carbocycles. The molecular formula is C11H17F. The summed E-state index contributed by atoms with van der Waals surface area (Å²) in [4.78, 5) is 0. The zero-order valence-corrected chi connectivity index (χ0v) is 8.15. The van der Waals surface area contributed by atoms with E-state index < -0.39 is 0 Å². The van der Waals surface area contributed by atoms with Crippen molar-refractivity contribution in [1.29, 1.82) is 0 Å². The van der Waals surface area contributed by atoms with Crippen LogP contribution in [0.1, 0.15) is 40.0 Å². The van der Waals surface area contributed by atoms with Gasteiger partial charge >= 0.3 is 0 Å². The third-order valence-corrected chi connectivity index (χ3v) is 3.58. The largest absolute Gasteiger partial charge is 0.212 e. The van der Waals surface area contributed by atoms with Gasteiger partial charge < -0.3 is 0 Å². The van der Waals surface area contributed by atoms with Crippen molar-refractivity contribution in [3.63, 3.8) is 0 Å². The SMILES string of the molecule is CC(C)C1=C(F)C2CCC1(C)C2. The molecule has 0 spiro atoms. The zero-order chi connectivity index (χ0) is 8.93. The fourth-order valence-corrected chi connectivity index (χ4v) is 3.18. The van der Waals surface area contributed by atoms with Crippen LogP contribution in [0.3, 0.4) is 0 Å². The van der Waals surface area contributed by atoms with E-state index >= 15 is 0 Å². The fraction of sp³-hybridized carbons (Fsp3) is 0.818. The van der Waals surface area contributed by atoms with Gasteiger partial charge in [0, 0.05) is 5.92 Å². The lowest BCUT2D eigenvalue weighted by Crippen LogP contribution is -2.17. The molecule has 68 valence electrons. The molecule has 0 N–H and O–H groups in total. The van der Waals surface area contributed by atoms with E-state index in [1.54, 1.807) is 0 Å². The van der Waals surface area contributed by atoms with Gasteiger partial charge in [-0.05, 0) is 36.2 Å². The van der Waals surface area contributed by atoms with Crippen molar-refractivity contribution >= 4 is 0 Å². The molecule has 0 aromatic carbocycles. The molecule has 2 atom stereocenters. The van der Waals surface area contributed by atoms with Gasteiger partial charge in [0.25, 0.3) is 0 Å². The number of fused-ring (bicyclic) bond motifs is 2. The highest BCUT2D eigenvalue weighted by Gasteiger charge is 2.48. The van der Waals surface area contributed by atoms with Crippen LogP contribution in [0.4, 0.5) is 4.39 Å². The number of allylic oxidation sites excluding steroid dienone is 2. The molecule has 0 nitrogen and oxygen atoms in total. The van der Waals surface area contributed by atoms with E-state index in [1.165, 1.54) is 6.42 Å². The molecule has 0 heterocycles. The summed E-state index contributed by atoms with van der Waals surface area (Å²) in [5, 5.41) is 0. The van der Waals surface area contributed by atoms with Crippen molar-refractivity contribution in [3.05, 3.63) is 11.4 Å². The Kier molecular flexibility index (Phi) is 1.61. The van der Waals surface area contributed by atoms with Gasteiger partial charge in [-0.1, -0.05) is 20.8 Å². The Morgan fingerprint density at radius 2 is 2.17 bits per heavy atom. The second-order valence-electron chi connectivity index (χ2n) is 4.92. The molecule has 2 rings (SSSR count). The molecule has 0 amide bonds. The number of halogens is 1. The highest BCUT2D eigenvalue weighted by Crippen LogP contribution is 2.59. The molecule has 0 saturated heterocycles. The van der Waals surface area contributed by atoms with Gasteiger partial charge in [0.1, 0.15) is 5.83 Å². The number of hydrogen-bond donors (Lipinski definition) is 0. The van der Waals surface area contributed by atoms with Crippen LogP contribution in [0.5, 0.6) is 0 Å². The minimum absolute atomic E-state index is 0.225. The lowest BCUT2D eigenvalue weighted by molar-refractivity contribution is 0.378. The van der Waals surface area contributed by atoms with E-state index in [9.17, 15) is 4.39 Å². The summed E-state index contributed by atoms with van der Waals surface area (Å²) in [7, 11) is 0. The molecule has 2 unspecified atom stereocenters. The van der Waals surface area contributed by atoms with Gasteiger partial charge in [-0.15, -0.1) is 0 Å². The first-order chi connectivity index (χ1) is 5.54. The van der Waals surface area contributed by atoms with Gasteiger partial charge in [-0.25, -0.2) is 4.39 Å². The van der Waals surface area contributed by atoms with Gasteiger partial charge in [0.15, 0.2) is 0 Å². The molecule has 12 heavy (non-hydrogen) atoms. The Labute approximate surface area is 73.9 Å². The predicted octanol–water partition coefficient (Wildman–Crippen LogP) is 3.69. The van der Waals surface area contributed by atoms with E-state index in [4.69, 9.17) is 0 Å². The molecule has 1 fully saturated rings. The summed E-state index contributed by atoms with van der Waals surface area (Å²) in [5.41, 5.74) is 1.35. The Morgan fingerprint density at radius 3 is 2.50 bits per heavy atom. The van der Waals surface area contributed by atoms with Crippen LogP contribution in [-0.4, -0.2) is 0 Å². The summed E-state index contributed by atoms with van der Waals surface area (Å²) in [6.45, 7) is 6.46. The maximum atomic E-state index is 13.7. The molecule has 0 aromatic rings. The molecule has 2 bridgehead atoms. The quantitative estimate of drug-likeness (QED) is 0.560. The minimum atomic E-state index is 0.225. The van der Waals surface area contributed by atoms with Gasteiger partial charge in [0.05, 0.1) is 0 Å². The van der Waals surface area contributed by atoms with Gasteiger partial charge in [0.2, 0.25) is 0 Å².